The van der Waals surface area contributed by atoms with E-state index in [9.17, 15) is 13.2 Å². The first-order valence-corrected chi connectivity index (χ1v) is 12.0. The van der Waals surface area contributed by atoms with Gasteiger partial charge in [-0.1, -0.05) is 48.0 Å². The van der Waals surface area contributed by atoms with Crippen molar-refractivity contribution in [3.8, 4) is 5.75 Å². The summed E-state index contributed by atoms with van der Waals surface area (Å²) in [6.07, 6.45) is 0. The Morgan fingerprint density at radius 1 is 1.06 bits per heavy atom. The van der Waals surface area contributed by atoms with Crippen LogP contribution in [0.25, 0.3) is 10.8 Å². The lowest BCUT2D eigenvalue weighted by atomic mass is 10.1. The second-order valence-electron chi connectivity index (χ2n) is 7.24. The monoisotopic (exact) mass is 474 g/mol. The minimum Gasteiger partial charge on any atom is -0.491 e. The van der Waals surface area contributed by atoms with Gasteiger partial charge >= 0.3 is 0 Å². The summed E-state index contributed by atoms with van der Waals surface area (Å²) < 4.78 is 38.1. The first-order chi connectivity index (χ1) is 15.5. The lowest BCUT2D eigenvalue weighted by Crippen LogP contribution is -2.40. The molecule has 0 radical (unpaired) electrons. The van der Waals surface area contributed by atoms with Crippen LogP contribution in [-0.2, 0) is 14.8 Å². The molecule has 32 heavy (non-hydrogen) atoms. The highest BCUT2D eigenvalue weighted by Gasteiger charge is 2.27. The van der Waals surface area contributed by atoms with Crippen LogP contribution >= 0.6 is 11.6 Å². The first-order valence-electron chi connectivity index (χ1n) is 10.2. The standard InChI is InChI=1S/C23H23ClN2O5S/c24-21-9-8-18(32(28,29)26-11-14-30-15-12-26)16-20(21)23(27)25-10-13-31-22-7-3-5-17-4-1-2-6-19(17)22/h1-9,16H,10-15H2,(H,25,27). The Morgan fingerprint density at radius 2 is 1.81 bits per heavy atom. The van der Waals surface area contributed by atoms with Crippen LogP contribution in [0.1, 0.15) is 10.4 Å². The number of ether oxygens (including phenoxy) is 2. The summed E-state index contributed by atoms with van der Waals surface area (Å²) in [5, 5.41) is 4.98. The molecule has 1 saturated heterocycles. The van der Waals surface area contributed by atoms with Crippen molar-refractivity contribution < 1.29 is 22.7 Å². The number of carbonyl (C=O) groups excluding carboxylic acids is 1. The Labute approximate surface area is 191 Å². The molecule has 0 saturated carbocycles. The predicted molar refractivity (Wildman–Crippen MR) is 123 cm³/mol. The van der Waals surface area contributed by atoms with Gasteiger partial charge < -0.3 is 14.8 Å². The topological polar surface area (TPSA) is 84.9 Å². The molecule has 1 fully saturated rings. The maximum atomic E-state index is 12.9. The number of amides is 1. The second-order valence-corrected chi connectivity index (χ2v) is 9.58. The molecule has 0 unspecified atom stereocenters. The fourth-order valence-corrected chi connectivity index (χ4v) is 5.16. The molecular formula is C23H23ClN2O5S. The van der Waals surface area contributed by atoms with Crippen LogP contribution in [0, 0.1) is 0 Å². The number of sulfonamides is 1. The average molecular weight is 475 g/mol. The maximum Gasteiger partial charge on any atom is 0.252 e. The first kappa shape index (κ1) is 22.5. The number of fused-ring (bicyclic) bond motifs is 1. The van der Waals surface area contributed by atoms with Gasteiger partial charge in [-0.25, -0.2) is 8.42 Å². The zero-order valence-corrected chi connectivity index (χ0v) is 18.9. The van der Waals surface area contributed by atoms with Crippen LogP contribution in [0.5, 0.6) is 5.75 Å². The number of morpholine rings is 1. The van der Waals surface area contributed by atoms with E-state index in [1.807, 2.05) is 42.5 Å². The molecule has 1 aliphatic heterocycles. The smallest absolute Gasteiger partial charge is 0.252 e. The number of halogens is 1. The molecule has 0 aromatic heterocycles. The Morgan fingerprint density at radius 3 is 2.62 bits per heavy atom. The third kappa shape index (κ3) is 4.88. The van der Waals surface area contributed by atoms with E-state index in [0.717, 1.165) is 16.5 Å². The zero-order valence-electron chi connectivity index (χ0n) is 17.3. The second kappa shape index (κ2) is 9.87. The zero-order chi connectivity index (χ0) is 22.6. The maximum absolute atomic E-state index is 12.9. The number of hydrogen-bond acceptors (Lipinski definition) is 5. The molecular weight excluding hydrogens is 452 g/mol. The summed E-state index contributed by atoms with van der Waals surface area (Å²) in [6.45, 7) is 1.73. The highest BCUT2D eigenvalue weighted by Crippen LogP contribution is 2.25. The van der Waals surface area contributed by atoms with E-state index in [4.69, 9.17) is 21.1 Å². The summed E-state index contributed by atoms with van der Waals surface area (Å²) in [4.78, 5) is 12.7. The van der Waals surface area contributed by atoms with Gasteiger partial charge in [0, 0.05) is 18.5 Å². The molecule has 1 heterocycles. The number of nitrogens with zero attached hydrogens (tertiary/aromatic N) is 1. The number of benzene rings is 3. The van der Waals surface area contributed by atoms with Gasteiger partial charge in [0.15, 0.2) is 0 Å². The largest absolute Gasteiger partial charge is 0.491 e. The van der Waals surface area contributed by atoms with Crippen LogP contribution in [-0.4, -0.2) is 58.1 Å². The summed E-state index contributed by atoms with van der Waals surface area (Å²) in [5.41, 5.74) is 0.103. The Kier molecular flexibility index (Phi) is 6.95. The molecule has 0 aliphatic carbocycles. The minimum atomic E-state index is -3.73. The number of rotatable bonds is 7. The molecule has 168 valence electrons. The number of carbonyl (C=O) groups is 1. The van der Waals surface area contributed by atoms with Gasteiger partial charge in [0.25, 0.3) is 5.91 Å². The molecule has 7 nitrogen and oxygen atoms in total. The molecule has 1 amide bonds. The normalized spacial score (nSPS) is 14.9. The molecule has 0 atom stereocenters. The molecule has 3 aromatic rings. The van der Waals surface area contributed by atoms with Crippen LogP contribution < -0.4 is 10.1 Å². The van der Waals surface area contributed by atoms with Gasteiger partial charge in [0.1, 0.15) is 12.4 Å². The van der Waals surface area contributed by atoms with Crippen LogP contribution in [0.15, 0.2) is 65.6 Å². The van der Waals surface area contributed by atoms with E-state index in [2.05, 4.69) is 5.32 Å². The highest BCUT2D eigenvalue weighted by molar-refractivity contribution is 7.89. The number of nitrogens with one attached hydrogen (secondary N) is 1. The van der Waals surface area contributed by atoms with E-state index in [0.29, 0.717) is 13.2 Å². The minimum absolute atomic E-state index is 0.0287. The van der Waals surface area contributed by atoms with Crippen molar-refractivity contribution in [2.45, 2.75) is 4.90 Å². The lowest BCUT2D eigenvalue weighted by Gasteiger charge is -2.26. The van der Waals surface area contributed by atoms with Gasteiger partial charge in [0.2, 0.25) is 10.0 Å². The van der Waals surface area contributed by atoms with Crippen molar-refractivity contribution >= 4 is 38.3 Å². The van der Waals surface area contributed by atoms with Crippen molar-refractivity contribution in [1.29, 1.82) is 0 Å². The lowest BCUT2D eigenvalue weighted by molar-refractivity contribution is 0.0730. The predicted octanol–water partition coefficient (Wildman–Crippen LogP) is 3.32. The fraction of sp³-hybridized carbons (Fsp3) is 0.261. The van der Waals surface area contributed by atoms with Crippen molar-refractivity contribution in [3.63, 3.8) is 0 Å². The molecule has 4 rings (SSSR count). The van der Waals surface area contributed by atoms with Crippen LogP contribution in [0.3, 0.4) is 0 Å². The van der Waals surface area contributed by atoms with Gasteiger partial charge in [-0.2, -0.15) is 4.31 Å². The van der Waals surface area contributed by atoms with E-state index in [1.165, 1.54) is 22.5 Å². The van der Waals surface area contributed by atoms with Crippen LogP contribution in [0.2, 0.25) is 5.02 Å². The third-order valence-corrected chi connectivity index (χ3v) is 7.41. The van der Waals surface area contributed by atoms with Gasteiger partial charge in [-0.05, 0) is 29.7 Å². The van der Waals surface area contributed by atoms with E-state index < -0.39 is 15.9 Å². The summed E-state index contributed by atoms with van der Waals surface area (Å²) >= 11 is 6.18. The summed E-state index contributed by atoms with van der Waals surface area (Å²) in [5.74, 6) is 0.268. The molecule has 3 aromatic carbocycles. The third-order valence-electron chi connectivity index (χ3n) is 5.19. The van der Waals surface area contributed by atoms with Gasteiger partial charge in [0.05, 0.1) is 35.2 Å². The Bertz CT molecular complexity index is 1220. The molecule has 9 heteroatoms. The van der Waals surface area contributed by atoms with E-state index in [1.54, 1.807) is 0 Å². The Balaban J connectivity index is 1.40. The molecule has 0 spiro atoms. The van der Waals surface area contributed by atoms with E-state index in [-0.39, 0.29) is 41.7 Å². The van der Waals surface area contributed by atoms with Gasteiger partial charge in [-0.15, -0.1) is 0 Å². The van der Waals surface area contributed by atoms with Crippen molar-refractivity contribution in [3.05, 3.63) is 71.2 Å². The fourth-order valence-electron chi connectivity index (χ4n) is 3.52. The molecule has 1 aliphatic rings. The highest BCUT2D eigenvalue weighted by atomic mass is 35.5. The van der Waals surface area contributed by atoms with E-state index >= 15 is 0 Å². The SMILES string of the molecule is O=C(NCCOc1cccc2ccccc12)c1cc(S(=O)(=O)N2CCOCC2)ccc1Cl. The summed E-state index contributed by atoms with van der Waals surface area (Å²) in [7, 11) is -3.73. The molecule has 1 N–H and O–H groups in total. The quantitative estimate of drug-likeness (QED) is 0.531. The Hall–Kier alpha value is -2.65. The van der Waals surface area contributed by atoms with Crippen molar-refractivity contribution in [2.24, 2.45) is 0 Å². The number of hydrogen-bond donors (Lipinski definition) is 1. The van der Waals surface area contributed by atoms with Crippen molar-refractivity contribution in [2.75, 3.05) is 39.5 Å². The van der Waals surface area contributed by atoms with Crippen molar-refractivity contribution in [1.82, 2.24) is 9.62 Å². The average Bonchev–Trinajstić information content (AvgIpc) is 2.82. The molecule has 0 bridgehead atoms. The van der Waals surface area contributed by atoms with Crippen LogP contribution in [0.4, 0.5) is 0 Å². The summed E-state index contributed by atoms with van der Waals surface area (Å²) in [6, 6.07) is 17.8. The van der Waals surface area contributed by atoms with Gasteiger partial charge in [-0.3, -0.25) is 4.79 Å².